The number of aryl methyl sites for hydroxylation is 3. The third-order valence-electron chi connectivity index (χ3n) is 5.99. The second kappa shape index (κ2) is 7.83. The van der Waals surface area contributed by atoms with E-state index in [1.54, 1.807) is 0 Å². The third-order valence-corrected chi connectivity index (χ3v) is 5.99. The molecule has 0 fully saturated rings. The van der Waals surface area contributed by atoms with Crippen molar-refractivity contribution in [2.24, 2.45) is 0 Å². The molecule has 2 aliphatic carbocycles. The van der Waals surface area contributed by atoms with Gasteiger partial charge in [-0.05, 0) is 71.7 Å². The Bertz CT molecular complexity index is 1180. The maximum atomic E-state index is 2.38. The van der Waals surface area contributed by atoms with Crippen LogP contribution in [0.2, 0.25) is 0 Å². The lowest BCUT2D eigenvalue weighted by atomic mass is 10.00. The van der Waals surface area contributed by atoms with Gasteiger partial charge in [-0.25, -0.2) is 0 Å². The van der Waals surface area contributed by atoms with Crippen LogP contribution in [0.4, 0.5) is 0 Å². The summed E-state index contributed by atoms with van der Waals surface area (Å²) in [7, 11) is 0. The van der Waals surface area contributed by atoms with Crippen molar-refractivity contribution >= 4 is 23.1 Å². The number of para-hydroxylation sites is 1. The summed E-state index contributed by atoms with van der Waals surface area (Å²) in [5, 5.41) is 1.30. The normalized spacial score (nSPS) is 11.9. The summed E-state index contributed by atoms with van der Waals surface area (Å²) in [6, 6.07) is 20.1. The van der Waals surface area contributed by atoms with Crippen molar-refractivity contribution in [2.75, 3.05) is 0 Å². The second-order valence-electron chi connectivity index (χ2n) is 8.29. The van der Waals surface area contributed by atoms with Crippen molar-refractivity contribution in [3.05, 3.63) is 88.6 Å². The predicted molar refractivity (Wildman–Crippen MR) is 125 cm³/mol. The van der Waals surface area contributed by atoms with E-state index < -0.39 is 0 Å². The number of fused-ring (bicyclic) bond motifs is 2. The highest BCUT2D eigenvalue weighted by atomic mass is 14.9. The summed E-state index contributed by atoms with van der Waals surface area (Å²) in [5.41, 5.74) is 10.7. The van der Waals surface area contributed by atoms with Gasteiger partial charge in [0, 0.05) is 12.1 Å². The summed E-state index contributed by atoms with van der Waals surface area (Å²) >= 11 is 0. The molecule has 1 heterocycles. The van der Waals surface area contributed by atoms with E-state index in [1.165, 1.54) is 49.8 Å². The van der Waals surface area contributed by atoms with Crippen LogP contribution in [0, 0.1) is 13.8 Å². The lowest BCUT2D eigenvalue weighted by Crippen LogP contribution is -2.32. The van der Waals surface area contributed by atoms with Crippen LogP contribution in [-0.2, 0) is 6.54 Å². The second-order valence-corrected chi connectivity index (χ2v) is 8.29. The molecule has 2 aliphatic rings. The van der Waals surface area contributed by atoms with Crippen LogP contribution in [0.25, 0.3) is 34.2 Å². The quantitative estimate of drug-likeness (QED) is 0.331. The molecule has 0 atom stereocenters. The van der Waals surface area contributed by atoms with Crippen LogP contribution in [-0.4, -0.2) is 0 Å². The van der Waals surface area contributed by atoms with Crippen molar-refractivity contribution in [3.8, 4) is 11.1 Å². The van der Waals surface area contributed by atoms with Crippen molar-refractivity contribution in [3.63, 3.8) is 0 Å². The predicted octanol–water partition coefficient (Wildman–Crippen LogP) is 7.16. The third kappa shape index (κ3) is 3.58. The van der Waals surface area contributed by atoms with E-state index in [-0.39, 0.29) is 0 Å². The molecule has 146 valence electrons. The maximum Gasteiger partial charge on any atom is 0.213 e. The number of rotatable bonds is 4. The Morgan fingerprint density at radius 1 is 0.862 bits per heavy atom. The van der Waals surface area contributed by atoms with Gasteiger partial charge in [-0.3, -0.25) is 0 Å². The zero-order valence-electron chi connectivity index (χ0n) is 18.2. The molecule has 0 bridgehead atoms. The minimum atomic E-state index is 0.527. The van der Waals surface area contributed by atoms with Crippen LogP contribution in [0.1, 0.15) is 54.5 Å². The first-order valence-corrected chi connectivity index (χ1v) is 10.6. The Morgan fingerprint density at radius 3 is 2.38 bits per heavy atom. The monoisotopic (exact) mass is 380 g/mol. The molecule has 0 unspecified atom stereocenters. The number of aromatic nitrogens is 1. The molecule has 0 N–H and O–H groups in total. The van der Waals surface area contributed by atoms with Crippen molar-refractivity contribution in [2.45, 2.75) is 47.1 Å². The topological polar surface area (TPSA) is 3.88 Å². The summed E-state index contributed by atoms with van der Waals surface area (Å²) in [6.07, 6.45) is 6.75. The fraction of sp³-hybridized carbons (Fsp3) is 0.250. The maximum absolute atomic E-state index is 2.38. The van der Waals surface area contributed by atoms with Gasteiger partial charge in [0.25, 0.3) is 0 Å². The molecule has 1 heteroatoms. The minimum Gasteiger partial charge on any atom is -0.199 e. The van der Waals surface area contributed by atoms with Crippen LogP contribution >= 0.6 is 0 Å². The van der Waals surface area contributed by atoms with Crippen molar-refractivity contribution < 1.29 is 4.57 Å². The number of benzene rings is 1. The molecule has 2 aromatic rings. The van der Waals surface area contributed by atoms with Crippen LogP contribution in [0.3, 0.4) is 0 Å². The van der Waals surface area contributed by atoms with Gasteiger partial charge in [-0.15, -0.1) is 0 Å². The summed E-state index contributed by atoms with van der Waals surface area (Å²) in [5.74, 6) is 0.527. The first-order valence-electron chi connectivity index (χ1n) is 10.6. The highest BCUT2D eigenvalue weighted by Crippen LogP contribution is 2.37. The SMILES string of the molecule is CC[n+]1ccc(/C=C/c2cc(C)c3cc(C(C)C)ccc(C)c2-3)c2ccccc21. The molecule has 4 rings (SSSR count). The Hall–Kier alpha value is -2.93. The molecule has 1 nitrogen and oxygen atoms in total. The fourth-order valence-electron chi connectivity index (χ4n) is 4.28. The van der Waals surface area contributed by atoms with Gasteiger partial charge in [-0.1, -0.05) is 62.4 Å². The molecule has 1 aromatic heterocycles. The van der Waals surface area contributed by atoms with E-state index in [1.807, 2.05) is 0 Å². The van der Waals surface area contributed by atoms with Gasteiger partial charge >= 0.3 is 0 Å². The number of hydrogen-bond donors (Lipinski definition) is 0. The first kappa shape index (κ1) is 19.4. The molecule has 1 aromatic carbocycles. The van der Waals surface area contributed by atoms with Gasteiger partial charge in [0.2, 0.25) is 5.52 Å². The van der Waals surface area contributed by atoms with Gasteiger partial charge in [0.1, 0.15) is 6.54 Å². The molecule has 0 aliphatic heterocycles. The highest BCUT2D eigenvalue weighted by Gasteiger charge is 2.15. The number of hydrogen-bond acceptors (Lipinski definition) is 0. The van der Waals surface area contributed by atoms with Gasteiger partial charge in [0.15, 0.2) is 6.20 Å². The standard InChI is InChI=1S/C28H30N/c1-6-29-16-15-22(25-9-7-8-10-27(25)29)13-14-24-17-21(5)26-18-23(19(2)3)12-11-20(4)28(24)26/h7-19H,6H2,1-5H3/q+1/b14-13+. The number of pyridine rings is 1. The van der Waals surface area contributed by atoms with Gasteiger partial charge in [0.05, 0.1) is 5.39 Å². The molecule has 0 saturated carbocycles. The van der Waals surface area contributed by atoms with E-state index in [9.17, 15) is 0 Å². The molecular formula is C28H30N+. The highest BCUT2D eigenvalue weighted by molar-refractivity contribution is 5.92. The summed E-state index contributed by atoms with van der Waals surface area (Å²) in [6.45, 7) is 12.1. The Balaban J connectivity index is 1.82. The summed E-state index contributed by atoms with van der Waals surface area (Å²) in [4.78, 5) is 0. The van der Waals surface area contributed by atoms with E-state index in [0.717, 1.165) is 6.54 Å². The fourth-order valence-corrected chi connectivity index (χ4v) is 4.28. The zero-order valence-corrected chi connectivity index (χ0v) is 18.2. The lowest BCUT2D eigenvalue weighted by Gasteiger charge is -2.05. The van der Waals surface area contributed by atoms with Crippen molar-refractivity contribution in [1.29, 1.82) is 0 Å². The molecule has 0 spiro atoms. The van der Waals surface area contributed by atoms with E-state index in [2.05, 4.69) is 112 Å². The van der Waals surface area contributed by atoms with Gasteiger partial charge < -0.3 is 0 Å². The Kier molecular flexibility index (Phi) is 5.24. The molecular weight excluding hydrogens is 350 g/mol. The van der Waals surface area contributed by atoms with Crippen LogP contribution in [0.5, 0.6) is 0 Å². The molecule has 0 amide bonds. The average molecular weight is 381 g/mol. The van der Waals surface area contributed by atoms with Gasteiger partial charge in [-0.2, -0.15) is 4.57 Å². The van der Waals surface area contributed by atoms with Crippen molar-refractivity contribution in [1.82, 2.24) is 0 Å². The molecule has 29 heavy (non-hydrogen) atoms. The Morgan fingerprint density at radius 2 is 1.62 bits per heavy atom. The number of nitrogens with zero attached hydrogens (tertiary/aromatic N) is 1. The van der Waals surface area contributed by atoms with E-state index in [0.29, 0.717) is 5.92 Å². The summed E-state index contributed by atoms with van der Waals surface area (Å²) < 4.78 is 2.30. The molecule has 0 saturated heterocycles. The first-order chi connectivity index (χ1) is 14.0. The largest absolute Gasteiger partial charge is 0.213 e. The van der Waals surface area contributed by atoms with E-state index in [4.69, 9.17) is 0 Å². The smallest absolute Gasteiger partial charge is 0.199 e. The average Bonchev–Trinajstić information content (AvgIpc) is 2.91. The molecule has 0 radical (unpaired) electrons. The zero-order chi connectivity index (χ0) is 20.5. The van der Waals surface area contributed by atoms with E-state index >= 15 is 0 Å². The lowest BCUT2D eigenvalue weighted by molar-refractivity contribution is -0.667. The van der Waals surface area contributed by atoms with Crippen LogP contribution < -0.4 is 4.57 Å². The Labute approximate surface area is 174 Å². The minimum absolute atomic E-state index is 0.527. The van der Waals surface area contributed by atoms with Crippen LogP contribution in [0.15, 0.2) is 60.8 Å².